The van der Waals surface area contributed by atoms with Gasteiger partial charge < -0.3 is 4.90 Å². The highest BCUT2D eigenvalue weighted by atomic mass is 16.2. The van der Waals surface area contributed by atoms with Crippen molar-refractivity contribution >= 4 is 5.91 Å². The maximum atomic E-state index is 11.5. The van der Waals surface area contributed by atoms with Crippen molar-refractivity contribution in [3.63, 3.8) is 0 Å². The molecule has 0 atom stereocenters. The van der Waals surface area contributed by atoms with E-state index in [0.717, 1.165) is 32.2 Å². The number of carbonyl (C=O) groups excluding carboxylic acids is 1. The molecule has 0 unspecified atom stereocenters. The summed E-state index contributed by atoms with van der Waals surface area (Å²) in [7, 11) is 0. The van der Waals surface area contributed by atoms with Gasteiger partial charge in [0.15, 0.2) is 0 Å². The Morgan fingerprint density at radius 3 is 2.31 bits per heavy atom. The van der Waals surface area contributed by atoms with E-state index in [1.165, 1.54) is 0 Å². The van der Waals surface area contributed by atoms with Crippen molar-refractivity contribution in [2.75, 3.05) is 13.1 Å². The summed E-state index contributed by atoms with van der Waals surface area (Å²) in [6, 6.07) is 0. The monoisotopic (exact) mass is 184 g/mol. The first-order valence-electron chi connectivity index (χ1n) is 5.33. The highest BCUT2D eigenvalue weighted by Crippen LogP contribution is 2.02. The summed E-state index contributed by atoms with van der Waals surface area (Å²) in [6.45, 7) is 9.51. The molecule has 0 bridgehead atoms. The van der Waals surface area contributed by atoms with Gasteiger partial charge in [-0.3, -0.25) is 4.79 Å². The van der Waals surface area contributed by atoms with Crippen molar-refractivity contribution in [2.24, 2.45) is 0 Å². The average Bonchev–Trinajstić information content (AvgIpc) is 2.16. The van der Waals surface area contributed by atoms with E-state index in [1.54, 1.807) is 0 Å². The Balaban J connectivity index is 3.71. The van der Waals surface area contributed by atoms with Gasteiger partial charge in [0.2, 0.25) is 5.91 Å². The zero-order chi connectivity index (χ0) is 10.1. The van der Waals surface area contributed by atoms with Gasteiger partial charge >= 0.3 is 0 Å². The Morgan fingerprint density at radius 2 is 1.85 bits per heavy atom. The van der Waals surface area contributed by atoms with Gasteiger partial charge in [-0.2, -0.15) is 0 Å². The lowest BCUT2D eigenvalue weighted by Crippen LogP contribution is -2.31. The van der Waals surface area contributed by atoms with E-state index in [2.05, 4.69) is 20.8 Å². The standard InChI is InChI=1S/C11H22NO/c1-4-7-9-11(13)12(6-3)10-8-5-2/h3-10H2,1-2H3. The summed E-state index contributed by atoms with van der Waals surface area (Å²) < 4.78 is 0. The molecule has 1 amide bonds. The van der Waals surface area contributed by atoms with Gasteiger partial charge in [-0.05, 0) is 19.8 Å². The molecule has 0 aliphatic carbocycles. The average molecular weight is 184 g/mol. The molecule has 0 fully saturated rings. The summed E-state index contributed by atoms with van der Waals surface area (Å²) >= 11 is 0. The molecule has 0 aromatic rings. The molecule has 0 spiro atoms. The van der Waals surface area contributed by atoms with E-state index >= 15 is 0 Å². The van der Waals surface area contributed by atoms with Crippen LogP contribution in [0.1, 0.15) is 46.0 Å². The Morgan fingerprint density at radius 1 is 1.23 bits per heavy atom. The normalized spacial score (nSPS) is 10.1. The van der Waals surface area contributed by atoms with Gasteiger partial charge in [0.05, 0.1) is 0 Å². The summed E-state index contributed by atoms with van der Waals surface area (Å²) in [5.41, 5.74) is 0. The van der Waals surface area contributed by atoms with E-state index in [9.17, 15) is 4.79 Å². The van der Waals surface area contributed by atoms with E-state index < -0.39 is 0 Å². The van der Waals surface area contributed by atoms with E-state index in [4.69, 9.17) is 0 Å². The van der Waals surface area contributed by atoms with Crippen molar-refractivity contribution in [1.82, 2.24) is 4.90 Å². The topological polar surface area (TPSA) is 20.3 Å². The predicted octanol–water partition coefficient (Wildman–Crippen LogP) is 2.64. The van der Waals surface area contributed by atoms with Crippen LogP contribution in [0.3, 0.4) is 0 Å². The Bertz CT molecular complexity index is 134. The first-order valence-corrected chi connectivity index (χ1v) is 5.33. The predicted molar refractivity (Wildman–Crippen MR) is 56.4 cm³/mol. The second-order valence-electron chi connectivity index (χ2n) is 3.34. The quantitative estimate of drug-likeness (QED) is 0.595. The molecule has 0 aliphatic rings. The van der Waals surface area contributed by atoms with Crippen LogP contribution in [0.4, 0.5) is 0 Å². The molecule has 0 saturated heterocycles. The van der Waals surface area contributed by atoms with E-state index in [-0.39, 0.29) is 5.91 Å². The third-order valence-electron chi connectivity index (χ3n) is 2.15. The number of nitrogens with zero attached hydrogens (tertiary/aromatic N) is 1. The molecular formula is C11H22NO. The van der Waals surface area contributed by atoms with Crippen molar-refractivity contribution in [3.8, 4) is 0 Å². The van der Waals surface area contributed by atoms with Crippen LogP contribution < -0.4 is 0 Å². The summed E-state index contributed by atoms with van der Waals surface area (Å²) in [5, 5.41) is 0. The molecule has 2 nitrogen and oxygen atoms in total. The van der Waals surface area contributed by atoms with Crippen LogP contribution in [0.2, 0.25) is 0 Å². The number of unbranched alkanes of at least 4 members (excludes halogenated alkanes) is 2. The van der Waals surface area contributed by atoms with Crippen LogP contribution >= 0.6 is 0 Å². The Kier molecular flexibility index (Phi) is 7.76. The molecule has 0 aromatic heterocycles. The number of hydrogen-bond donors (Lipinski definition) is 0. The van der Waals surface area contributed by atoms with Crippen LogP contribution in [0.15, 0.2) is 0 Å². The molecule has 0 rings (SSSR count). The minimum Gasteiger partial charge on any atom is -0.343 e. The van der Waals surface area contributed by atoms with Gasteiger partial charge in [-0.1, -0.05) is 26.7 Å². The van der Waals surface area contributed by atoms with Crippen LogP contribution in [0, 0.1) is 6.92 Å². The van der Waals surface area contributed by atoms with Crippen LogP contribution in [-0.2, 0) is 4.79 Å². The third-order valence-corrected chi connectivity index (χ3v) is 2.15. The van der Waals surface area contributed by atoms with Crippen LogP contribution in [0.5, 0.6) is 0 Å². The molecule has 0 heterocycles. The number of carbonyl (C=O) groups is 1. The van der Waals surface area contributed by atoms with Gasteiger partial charge in [0, 0.05) is 19.5 Å². The highest BCUT2D eigenvalue weighted by molar-refractivity contribution is 5.76. The highest BCUT2D eigenvalue weighted by Gasteiger charge is 2.09. The maximum Gasteiger partial charge on any atom is 0.222 e. The minimum atomic E-state index is 0.269. The third kappa shape index (κ3) is 5.67. The van der Waals surface area contributed by atoms with E-state index in [1.807, 2.05) is 4.90 Å². The molecule has 0 saturated carbocycles. The Labute approximate surface area is 82.3 Å². The van der Waals surface area contributed by atoms with Gasteiger partial charge in [0.1, 0.15) is 0 Å². The van der Waals surface area contributed by atoms with Crippen molar-refractivity contribution in [2.45, 2.75) is 46.0 Å². The van der Waals surface area contributed by atoms with Crippen molar-refractivity contribution in [1.29, 1.82) is 0 Å². The lowest BCUT2D eigenvalue weighted by atomic mass is 10.2. The summed E-state index contributed by atoms with van der Waals surface area (Å²) in [5.74, 6) is 0.269. The molecule has 2 heteroatoms. The van der Waals surface area contributed by atoms with Crippen molar-refractivity contribution in [3.05, 3.63) is 6.92 Å². The molecule has 77 valence electrons. The van der Waals surface area contributed by atoms with Crippen molar-refractivity contribution < 1.29 is 4.79 Å². The van der Waals surface area contributed by atoms with Gasteiger partial charge in [-0.25, -0.2) is 0 Å². The molecule has 0 aliphatic heterocycles. The summed E-state index contributed by atoms with van der Waals surface area (Å²) in [6.07, 6.45) is 5.01. The zero-order valence-electron chi connectivity index (χ0n) is 9.01. The zero-order valence-corrected chi connectivity index (χ0v) is 9.01. The van der Waals surface area contributed by atoms with E-state index in [0.29, 0.717) is 13.0 Å². The van der Waals surface area contributed by atoms with Gasteiger partial charge in [-0.15, -0.1) is 0 Å². The molecule has 13 heavy (non-hydrogen) atoms. The fraction of sp³-hybridized carbons (Fsp3) is 0.818. The first kappa shape index (κ1) is 12.5. The second-order valence-corrected chi connectivity index (χ2v) is 3.34. The molecule has 0 N–H and O–H groups in total. The smallest absolute Gasteiger partial charge is 0.222 e. The Hall–Kier alpha value is -0.530. The van der Waals surface area contributed by atoms with Gasteiger partial charge in [0.25, 0.3) is 0 Å². The number of rotatable bonds is 7. The second kappa shape index (κ2) is 8.09. The molecular weight excluding hydrogens is 162 g/mol. The lowest BCUT2D eigenvalue weighted by molar-refractivity contribution is -0.130. The van der Waals surface area contributed by atoms with Crippen LogP contribution in [-0.4, -0.2) is 23.9 Å². The maximum absolute atomic E-state index is 11.5. The van der Waals surface area contributed by atoms with Crippen LogP contribution in [0.25, 0.3) is 0 Å². The molecule has 0 aromatic carbocycles. The molecule has 1 radical (unpaired) electrons. The summed E-state index contributed by atoms with van der Waals surface area (Å²) in [4.78, 5) is 13.4. The lowest BCUT2D eigenvalue weighted by Gasteiger charge is -2.20. The SMILES string of the molecule is [CH2]CN(CCCC)C(=O)CCCC. The number of amides is 1. The first-order chi connectivity index (χ1) is 6.26. The largest absolute Gasteiger partial charge is 0.343 e. The fourth-order valence-electron chi connectivity index (χ4n) is 1.20. The fourth-order valence-corrected chi connectivity index (χ4v) is 1.20. The number of hydrogen-bond acceptors (Lipinski definition) is 1. The minimum absolute atomic E-state index is 0.269.